The second-order valence-corrected chi connectivity index (χ2v) is 8.68. The van der Waals surface area contributed by atoms with Crippen molar-refractivity contribution >= 4 is 51.6 Å². The van der Waals surface area contributed by atoms with E-state index in [-0.39, 0.29) is 17.2 Å². The summed E-state index contributed by atoms with van der Waals surface area (Å²) < 4.78 is 0.672. The van der Waals surface area contributed by atoms with Crippen LogP contribution in [0.15, 0.2) is 28.6 Å². The van der Waals surface area contributed by atoms with Gasteiger partial charge < -0.3 is 5.32 Å². The second kappa shape index (κ2) is 8.50. The van der Waals surface area contributed by atoms with Crippen molar-refractivity contribution in [1.29, 1.82) is 0 Å². The number of rotatable bonds is 5. The van der Waals surface area contributed by atoms with E-state index < -0.39 is 5.91 Å². The highest BCUT2D eigenvalue weighted by atomic mass is 35.5. The Labute approximate surface area is 158 Å². The summed E-state index contributed by atoms with van der Waals surface area (Å²) in [5.41, 5.74) is 5.01. The molecule has 10 heteroatoms. The molecule has 0 aliphatic rings. The predicted molar refractivity (Wildman–Crippen MR) is 101 cm³/mol. The number of nitrogens with one attached hydrogen (secondary N) is 3. The molecule has 0 aliphatic heterocycles. The Morgan fingerprint density at radius 2 is 1.84 bits per heavy atom. The van der Waals surface area contributed by atoms with Crippen molar-refractivity contribution in [3.8, 4) is 0 Å². The van der Waals surface area contributed by atoms with Crippen LogP contribution in [0.25, 0.3) is 0 Å². The SMILES string of the molecule is CC(C)(C)Nc1nnc(SCC(=O)NNC(=O)c2ccc(Cl)cc2)s1. The molecule has 0 saturated carbocycles. The molecule has 2 rings (SSSR count). The molecule has 0 fully saturated rings. The molecule has 0 radical (unpaired) electrons. The van der Waals surface area contributed by atoms with Crippen LogP contribution in [-0.2, 0) is 4.79 Å². The van der Waals surface area contributed by atoms with Crippen LogP contribution in [-0.4, -0.2) is 33.3 Å². The number of hydrazine groups is 1. The van der Waals surface area contributed by atoms with Crippen molar-refractivity contribution in [2.75, 3.05) is 11.1 Å². The highest BCUT2D eigenvalue weighted by molar-refractivity contribution is 8.01. The van der Waals surface area contributed by atoms with Gasteiger partial charge >= 0.3 is 0 Å². The molecule has 2 aromatic rings. The zero-order valence-corrected chi connectivity index (χ0v) is 16.3. The lowest BCUT2D eigenvalue weighted by atomic mass is 10.1. The van der Waals surface area contributed by atoms with Gasteiger partial charge in [0.25, 0.3) is 5.91 Å². The fourth-order valence-corrected chi connectivity index (χ4v) is 3.49. The topological polar surface area (TPSA) is 96.0 Å². The Morgan fingerprint density at radius 3 is 2.48 bits per heavy atom. The summed E-state index contributed by atoms with van der Waals surface area (Å²) in [5, 5.41) is 12.5. The van der Waals surface area contributed by atoms with Crippen molar-refractivity contribution in [2.45, 2.75) is 30.6 Å². The van der Waals surface area contributed by atoms with E-state index in [4.69, 9.17) is 11.6 Å². The maximum atomic E-state index is 11.9. The van der Waals surface area contributed by atoms with Crippen LogP contribution >= 0.6 is 34.7 Å². The van der Waals surface area contributed by atoms with Gasteiger partial charge in [-0.1, -0.05) is 34.7 Å². The molecular weight excluding hydrogens is 382 g/mol. The quantitative estimate of drug-likeness (QED) is 0.528. The largest absolute Gasteiger partial charge is 0.355 e. The van der Waals surface area contributed by atoms with E-state index in [0.29, 0.717) is 20.1 Å². The number of amides is 2. The number of carbonyl (C=O) groups is 2. The Morgan fingerprint density at radius 1 is 1.16 bits per heavy atom. The Kier molecular flexibility index (Phi) is 6.63. The molecule has 3 N–H and O–H groups in total. The van der Waals surface area contributed by atoms with E-state index >= 15 is 0 Å². The van der Waals surface area contributed by atoms with E-state index in [1.807, 2.05) is 20.8 Å². The van der Waals surface area contributed by atoms with Crippen LogP contribution in [0.1, 0.15) is 31.1 Å². The molecule has 0 atom stereocenters. The molecule has 0 bridgehead atoms. The molecule has 0 spiro atoms. The molecule has 0 unspecified atom stereocenters. The first-order valence-corrected chi connectivity index (χ1v) is 9.50. The summed E-state index contributed by atoms with van der Waals surface area (Å²) in [7, 11) is 0. The molecule has 1 heterocycles. The Hall–Kier alpha value is -1.84. The maximum Gasteiger partial charge on any atom is 0.269 e. The van der Waals surface area contributed by atoms with E-state index in [9.17, 15) is 9.59 Å². The summed E-state index contributed by atoms with van der Waals surface area (Å²) >= 11 is 8.38. The molecule has 0 saturated heterocycles. The third kappa shape index (κ3) is 6.89. The average Bonchev–Trinajstić information content (AvgIpc) is 2.96. The van der Waals surface area contributed by atoms with E-state index in [2.05, 4.69) is 26.4 Å². The minimum atomic E-state index is -0.414. The third-order valence-electron chi connectivity index (χ3n) is 2.64. The molecule has 0 aliphatic carbocycles. The Bertz CT molecular complexity index is 743. The van der Waals surface area contributed by atoms with Gasteiger partial charge in [0.15, 0.2) is 4.34 Å². The van der Waals surface area contributed by atoms with Crippen molar-refractivity contribution < 1.29 is 9.59 Å². The van der Waals surface area contributed by atoms with Gasteiger partial charge in [0.2, 0.25) is 11.0 Å². The summed E-state index contributed by atoms with van der Waals surface area (Å²) in [6.45, 7) is 6.08. The Balaban J connectivity index is 1.75. The summed E-state index contributed by atoms with van der Waals surface area (Å²) in [6.07, 6.45) is 0. The number of anilines is 1. The van der Waals surface area contributed by atoms with E-state index in [1.165, 1.54) is 23.1 Å². The lowest BCUT2D eigenvalue weighted by Gasteiger charge is -2.18. The molecule has 2 amide bonds. The van der Waals surface area contributed by atoms with Gasteiger partial charge in [0.05, 0.1) is 5.75 Å². The first kappa shape index (κ1) is 19.5. The summed E-state index contributed by atoms with van der Waals surface area (Å²) in [5.74, 6) is -0.638. The number of nitrogens with zero attached hydrogens (tertiary/aromatic N) is 2. The first-order chi connectivity index (χ1) is 11.7. The second-order valence-electron chi connectivity index (χ2n) is 6.05. The molecule has 1 aromatic carbocycles. The van der Waals surface area contributed by atoms with Gasteiger partial charge in [-0.05, 0) is 45.0 Å². The van der Waals surface area contributed by atoms with Crippen molar-refractivity contribution in [1.82, 2.24) is 21.0 Å². The number of hydrogen-bond acceptors (Lipinski definition) is 7. The molecule has 1 aromatic heterocycles. The number of aromatic nitrogens is 2. The van der Waals surface area contributed by atoms with Crippen molar-refractivity contribution in [2.24, 2.45) is 0 Å². The number of benzene rings is 1. The van der Waals surface area contributed by atoms with Crippen LogP contribution in [0.3, 0.4) is 0 Å². The molecule has 134 valence electrons. The van der Waals surface area contributed by atoms with Gasteiger partial charge in [-0.3, -0.25) is 20.4 Å². The predicted octanol–water partition coefficient (Wildman–Crippen LogP) is 2.96. The zero-order valence-electron chi connectivity index (χ0n) is 13.9. The summed E-state index contributed by atoms with van der Waals surface area (Å²) in [4.78, 5) is 23.7. The smallest absolute Gasteiger partial charge is 0.269 e. The van der Waals surface area contributed by atoms with Gasteiger partial charge in [0, 0.05) is 16.1 Å². The highest BCUT2D eigenvalue weighted by Gasteiger charge is 2.14. The van der Waals surface area contributed by atoms with E-state index in [1.54, 1.807) is 24.3 Å². The fourth-order valence-electron chi connectivity index (χ4n) is 1.60. The van der Waals surface area contributed by atoms with Crippen molar-refractivity contribution in [3.63, 3.8) is 0 Å². The summed E-state index contributed by atoms with van der Waals surface area (Å²) in [6, 6.07) is 6.35. The minimum absolute atomic E-state index is 0.106. The number of carbonyl (C=O) groups excluding carboxylic acids is 2. The third-order valence-corrected chi connectivity index (χ3v) is 4.86. The van der Waals surface area contributed by atoms with Crippen molar-refractivity contribution in [3.05, 3.63) is 34.9 Å². The average molecular weight is 400 g/mol. The fraction of sp³-hybridized carbons (Fsp3) is 0.333. The van der Waals surface area contributed by atoms with Crippen LogP contribution in [0.5, 0.6) is 0 Å². The van der Waals surface area contributed by atoms with Gasteiger partial charge in [0.1, 0.15) is 0 Å². The monoisotopic (exact) mass is 399 g/mol. The van der Waals surface area contributed by atoms with Crippen LogP contribution in [0.4, 0.5) is 5.13 Å². The van der Waals surface area contributed by atoms with Crippen LogP contribution < -0.4 is 16.2 Å². The zero-order chi connectivity index (χ0) is 18.4. The lowest BCUT2D eigenvalue weighted by molar-refractivity contribution is -0.119. The van der Waals surface area contributed by atoms with E-state index in [0.717, 1.165) is 0 Å². The lowest BCUT2D eigenvalue weighted by Crippen LogP contribution is -2.42. The normalized spacial score (nSPS) is 11.0. The standard InChI is InChI=1S/C15H18ClN5O2S2/c1-15(2,3)17-13-20-21-14(25-13)24-8-11(22)18-19-12(23)9-4-6-10(16)7-5-9/h4-7H,8H2,1-3H3,(H,17,20)(H,18,22)(H,19,23). The maximum absolute atomic E-state index is 11.9. The van der Waals surface area contributed by atoms with Gasteiger partial charge in [-0.2, -0.15) is 0 Å². The molecule has 25 heavy (non-hydrogen) atoms. The molecular formula is C15H18ClN5O2S2. The van der Waals surface area contributed by atoms with Crippen LogP contribution in [0, 0.1) is 0 Å². The van der Waals surface area contributed by atoms with Crippen LogP contribution in [0.2, 0.25) is 5.02 Å². The van der Waals surface area contributed by atoms with Gasteiger partial charge in [-0.15, -0.1) is 10.2 Å². The number of thioether (sulfide) groups is 1. The first-order valence-electron chi connectivity index (χ1n) is 7.32. The highest BCUT2D eigenvalue weighted by Crippen LogP contribution is 2.26. The molecule has 7 nitrogen and oxygen atoms in total. The van der Waals surface area contributed by atoms with Gasteiger partial charge in [-0.25, -0.2) is 0 Å². The minimum Gasteiger partial charge on any atom is -0.355 e. The number of halogens is 1. The number of hydrogen-bond donors (Lipinski definition) is 3.